The topological polar surface area (TPSA) is 152 Å². The fourth-order valence-electron chi connectivity index (χ4n) is 17.8. The molecule has 0 saturated carbocycles. The predicted molar refractivity (Wildman–Crippen MR) is 500 cm³/mol. The lowest BCUT2D eigenvalue weighted by Gasteiger charge is -2.12. The monoisotopic (exact) mass is 1590 g/mol. The van der Waals surface area contributed by atoms with Crippen molar-refractivity contribution in [3.63, 3.8) is 0 Å². The summed E-state index contributed by atoms with van der Waals surface area (Å²) in [6.45, 7) is 0. The van der Waals surface area contributed by atoms with Gasteiger partial charge in [-0.25, -0.2) is 44.9 Å². The van der Waals surface area contributed by atoms with Crippen molar-refractivity contribution in [3.8, 4) is 158 Å². The van der Waals surface area contributed by atoms with Crippen LogP contribution in [0.2, 0.25) is 0 Å². The van der Waals surface area contributed by atoms with E-state index in [0.717, 1.165) is 188 Å². The third-order valence-electron chi connectivity index (χ3n) is 23.7. The van der Waals surface area contributed by atoms with Crippen LogP contribution in [0.25, 0.3) is 246 Å². The summed E-state index contributed by atoms with van der Waals surface area (Å²) in [5.41, 5.74) is 25.4. The minimum absolute atomic E-state index is 0.513. The van der Waals surface area contributed by atoms with Gasteiger partial charge in [0.1, 0.15) is 22.3 Å². The Labute approximate surface area is 710 Å². The minimum Gasteiger partial charge on any atom is -0.456 e. The Morgan fingerprint density at radius 2 is 0.476 bits per heavy atom. The molecule has 24 rings (SSSR count). The summed E-state index contributed by atoms with van der Waals surface area (Å²) in [6.07, 6.45) is 0. The van der Waals surface area contributed by atoms with Crippen LogP contribution < -0.4 is 0 Å². The largest absolute Gasteiger partial charge is 0.456 e. The molecule has 0 bridgehead atoms. The van der Waals surface area contributed by atoms with Gasteiger partial charge >= 0.3 is 0 Å². The van der Waals surface area contributed by atoms with E-state index in [9.17, 15) is 0 Å². The van der Waals surface area contributed by atoms with Crippen molar-refractivity contribution in [1.82, 2.24) is 54.0 Å². The number of fused-ring (bicyclic) bond motifs is 12. The van der Waals surface area contributed by atoms with Crippen molar-refractivity contribution in [3.05, 3.63) is 406 Å². The lowest BCUT2D eigenvalue weighted by molar-refractivity contribution is 0.669. The SMILES string of the molecule is c1ccc(-c2ccc3oc4c(-c5ccc6c(c5)c5ccccc5n6-c5ccccc5)ccc(-c5nc(-c6ccccc6)nc(-c6cccc(-c7cccc(-c8nc(-c9ccccc9)nc(-c9ccc(-n%10c%11ccccc%11c%11cc(-c%12ccc%13oc%14cccc(-c%15nc(-c%16ccccc%16)nc(-c%16ccccc%16)n%15)c%14c%13c%12)ccc%11%10)cc9)n8)c7)c6)n5)c4c3c2)cc1. The molecule has 0 fully saturated rings. The number of nitrogens with zero attached hydrogens (tertiary/aromatic N) is 11. The number of furan rings is 2. The van der Waals surface area contributed by atoms with Crippen LogP contribution in [-0.4, -0.2) is 54.0 Å². The highest BCUT2D eigenvalue weighted by Crippen LogP contribution is 2.47. The maximum absolute atomic E-state index is 7.16. The molecule has 7 heterocycles. The van der Waals surface area contributed by atoms with Gasteiger partial charge in [0.15, 0.2) is 52.4 Å². The molecule has 0 atom stereocenters. The molecule has 0 unspecified atom stereocenters. The first-order valence-corrected chi connectivity index (χ1v) is 41.4. The number of hydrogen-bond acceptors (Lipinski definition) is 11. The van der Waals surface area contributed by atoms with E-state index in [1.165, 1.54) is 5.39 Å². The summed E-state index contributed by atoms with van der Waals surface area (Å²) in [4.78, 5) is 47.3. The van der Waals surface area contributed by atoms with Gasteiger partial charge in [-0.15, -0.1) is 0 Å². The molecule has 0 aliphatic heterocycles. The zero-order chi connectivity index (χ0) is 81.7. The van der Waals surface area contributed by atoms with Crippen LogP contribution >= 0.6 is 0 Å². The second-order valence-corrected chi connectivity index (χ2v) is 31.1. The molecule has 0 aliphatic rings. The maximum atomic E-state index is 7.16. The lowest BCUT2D eigenvalue weighted by atomic mass is 9.95. The quantitative estimate of drug-likeness (QED) is 0.0964. The molecule has 0 radical (unpaired) electrons. The predicted octanol–water partition coefficient (Wildman–Crippen LogP) is 27.9. The van der Waals surface area contributed by atoms with E-state index in [2.05, 4.69) is 276 Å². The van der Waals surface area contributed by atoms with E-state index in [4.69, 9.17) is 53.7 Å². The van der Waals surface area contributed by atoms with Crippen LogP contribution in [0.5, 0.6) is 0 Å². The van der Waals surface area contributed by atoms with E-state index in [-0.39, 0.29) is 0 Å². The van der Waals surface area contributed by atoms with E-state index in [0.29, 0.717) is 52.4 Å². The molecule has 124 heavy (non-hydrogen) atoms. The van der Waals surface area contributed by atoms with Crippen molar-refractivity contribution >= 4 is 87.5 Å². The summed E-state index contributed by atoms with van der Waals surface area (Å²) in [7, 11) is 0. The first-order chi connectivity index (χ1) is 61.4. The Bertz CT molecular complexity index is 8280. The first-order valence-electron chi connectivity index (χ1n) is 41.4. The molecule has 0 aliphatic carbocycles. The van der Waals surface area contributed by atoms with Crippen molar-refractivity contribution in [2.75, 3.05) is 0 Å². The Morgan fingerprint density at radius 3 is 0.976 bits per heavy atom. The number of rotatable bonds is 15. The molecule has 24 aromatic rings. The Morgan fingerprint density at radius 1 is 0.161 bits per heavy atom. The van der Waals surface area contributed by atoms with Crippen LogP contribution in [0, 0.1) is 0 Å². The molecular formula is C111H67N11O2. The third kappa shape index (κ3) is 12.4. The number of para-hydroxylation sites is 3. The van der Waals surface area contributed by atoms with Gasteiger partial charge in [0.2, 0.25) is 0 Å². The second kappa shape index (κ2) is 29.5. The van der Waals surface area contributed by atoms with E-state index in [1.807, 2.05) is 140 Å². The molecule has 0 amide bonds. The van der Waals surface area contributed by atoms with E-state index < -0.39 is 0 Å². The maximum Gasteiger partial charge on any atom is 0.164 e. The van der Waals surface area contributed by atoms with Gasteiger partial charge in [-0.3, -0.25) is 0 Å². The minimum atomic E-state index is 0.513. The van der Waals surface area contributed by atoms with Crippen molar-refractivity contribution in [2.24, 2.45) is 0 Å². The highest BCUT2D eigenvalue weighted by molar-refractivity contribution is 6.19. The molecule has 7 aromatic heterocycles. The van der Waals surface area contributed by atoms with Crippen LogP contribution in [0.3, 0.4) is 0 Å². The number of benzene rings is 17. The van der Waals surface area contributed by atoms with E-state index in [1.54, 1.807) is 0 Å². The average molecular weight is 1590 g/mol. The molecule has 578 valence electrons. The summed E-state index contributed by atoms with van der Waals surface area (Å²) in [6, 6.07) is 141. The molecule has 13 nitrogen and oxygen atoms in total. The summed E-state index contributed by atoms with van der Waals surface area (Å²) >= 11 is 0. The van der Waals surface area contributed by atoms with Gasteiger partial charge in [0.05, 0.1) is 22.1 Å². The van der Waals surface area contributed by atoms with Crippen LogP contribution in [-0.2, 0) is 0 Å². The smallest absolute Gasteiger partial charge is 0.164 e. The second-order valence-electron chi connectivity index (χ2n) is 31.1. The molecule has 0 saturated heterocycles. The van der Waals surface area contributed by atoms with Gasteiger partial charge in [-0.1, -0.05) is 279 Å². The van der Waals surface area contributed by atoms with Crippen LogP contribution in [0.4, 0.5) is 0 Å². The molecule has 0 spiro atoms. The first kappa shape index (κ1) is 71.1. The average Bonchev–Trinajstić information content (AvgIpc) is 1.41. The molecular weight excluding hydrogens is 1520 g/mol. The highest BCUT2D eigenvalue weighted by Gasteiger charge is 2.26. The summed E-state index contributed by atoms with van der Waals surface area (Å²) in [5.74, 6) is 4.97. The zero-order valence-corrected chi connectivity index (χ0v) is 66.4. The van der Waals surface area contributed by atoms with E-state index >= 15 is 0 Å². The fraction of sp³-hybridized carbons (Fsp3) is 0. The molecule has 17 aromatic carbocycles. The number of aromatic nitrogens is 11. The molecule has 0 N–H and O–H groups in total. The van der Waals surface area contributed by atoms with Gasteiger partial charge in [-0.05, 0) is 166 Å². The Hall–Kier alpha value is -17.0. The third-order valence-corrected chi connectivity index (χ3v) is 23.7. The van der Waals surface area contributed by atoms with Gasteiger partial charge in [-0.2, -0.15) is 0 Å². The van der Waals surface area contributed by atoms with Gasteiger partial charge in [0.25, 0.3) is 0 Å². The lowest BCUT2D eigenvalue weighted by Crippen LogP contribution is -2.01. The van der Waals surface area contributed by atoms with Crippen molar-refractivity contribution in [2.45, 2.75) is 0 Å². The van der Waals surface area contributed by atoms with Gasteiger partial charge < -0.3 is 18.0 Å². The van der Waals surface area contributed by atoms with Gasteiger partial charge in [0, 0.05) is 110 Å². The van der Waals surface area contributed by atoms with Crippen molar-refractivity contribution in [1.29, 1.82) is 0 Å². The standard InChI is InChI=1S/C111H67N11O2/c1-7-26-68(27-8-1)76-52-61-98-92(65-76)101-88(57-56-84(102(101)124-98)79-51-59-96-90(67-79)86-43-20-21-45-93(86)121(96)82-40-17-6-18-41-82)111-119-106(72-34-15-5-16-35-72)115-109(120-111)81-39-24-37-75(63-81)74-36-23-38-80(62-74)108-114-103(69-28-9-2-10-29-69)112-107(116-108)73-48-54-83(55-49-73)122-94-46-22-19-42-85(94)89-64-77(50-58-95(89)122)78-53-60-97-91(66-78)100-87(44-25-47-99(100)123-97)110-117-104(70-30-11-3-12-31-70)113-105(118-110)71-32-13-4-14-33-71/h1-67H. The summed E-state index contributed by atoms with van der Waals surface area (Å²) in [5, 5.41) is 8.34. The van der Waals surface area contributed by atoms with Crippen molar-refractivity contribution < 1.29 is 8.83 Å². The normalized spacial score (nSPS) is 11.7. The zero-order valence-electron chi connectivity index (χ0n) is 66.4. The Kier molecular flexibility index (Phi) is 16.9. The highest BCUT2D eigenvalue weighted by atomic mass is 16.3. The number of hydrogen-bond donors (Lipinski definition) is 0. The Balaban J connectivity index is 0.573. The molecule has 13 heteroatoms. The van der Waals surface area contributed by atoms with Crippen LogP contribution in [0.15, 0.2) is 415 Å². The summed E-state index contributed by atoms with van der Waals surface area (Å²) < 4.78 is 18.5. The fourth-order valence-corrected chi connectivity index (χ4v) is 17.8. The van der Waals surface area contributed by atoms with Crippen LogP contribution in [0.1, 0.15) is 0 Å².